The number of amides is 2. The first-order chi connectivity index (χ1) is 17.4. The normalized spacial score (nSPS) is 14.7. The van der Waals surface area contributed by atoms with Crippen molar-refractivity contribution < 1.29 is 19.1 Å². The van der Waals surface area contributed by atoms with Gasteiger partial charge in [0, 0.05) is 5.69 Å². The molecular formula is C28H26N4O4. The maximum Gasteiger partial charge on any atom is 0.338 e. The Hall–Kier alpha value is -4.46. The SMILES string of the molecule is CCOC(=O)c1ccc(NC(=O)CC2C(=O)N(Cc3cccc(C)c3)c3nc4ccccc4n32)cc1. The van der Waals surface area contributed by atoms with Crippen molar-refractivity contribution in [3.63, 3.8) is 0 Å². The van der Waals surface area contributed by atoms with Crippen LogP contribution in [0.3, 0.4) is 0 Å². The van der Waals surface area contributed by atoms with Gasteiger partial charge < -0.3 is 10.1 Å². The molecule has 3 aromatic carbocycles. The van der Waals surface area contributed by atoms with Crippen LogP contribution >= 0.6 is 0 Å². The van der Waals surface area contributed by atoms with Crippen molar-refractivity contribution in [2.24, 2.45) is 0 Å². The van der Waals surface area contributed by atoms with Crippen molar-refractivity contribution in [1.29, 1.82) is 0 Å². The van der Waals surface area contributed by atoms with Crippen molar-refractivity contribution in [2.75, 3.05) is 16.8 Å². The average molecular weight is 483 g/mol. The lowest BCUT2D eigenvalue weighted by Crippen LogP contribution is -2.31. The molecule has 1 aromatic heterocycles. The second-order valence-electron chi connectivity index (χ2n) is 8.75. The van der Waals surface area contributed by atoms with E-state index in [0.29, 0.717) is 30.4 Å². The number of aromatic nitrogens is 2. The highest BCUT2D eigenvalue weighted by Crippen LogP contribution is 2.37. The summed E-state index contributed by atoms with van der Waals surface area (Å²) in [7, 11) is 0. The van der Waals surface area contributed by atoms with Gasteiger partial charge in [0.15, 0.2) is 0 Å². The van der Waals surface area contributed by atoms with Crippen molar-refractivity contribution in [2.45, 2.75) is 32.9 Å². The number of esters is 1. The van der Waals surface area contributed by atoms with Gasteiger partial charge in [-0.1, -0.05) is 42.0 Å². The molecular weight excluding hydrogens is 456 g/mol. The smallest absolute Gasteiger partial charge is 0.338 e. The molecule has 1 aliphatic rings. The number of hydrogen-bond donors (Lipinski definition) is 1. The number of para-hydroxylation sites is 2. The fourth-order valence-electron chi connectivity index (χ4n) is 4.53. The molecule has 0 fully saturated rings. The number of nitrogens with zero attached hydrogens (tertiary/aromatic N) is 3. The van der Waals surface area contributed by atoms with Crippen LogP contribution in [-0.4, -0.2) is 33.9 Å². The number of hydrogen-bond acceptors (Lipinski definition) is 5. The first-order valence-corrected chi connectivity index (χ1v) is 11.9. The summed E-state index contributed by atoms with van der Waals surface area (Å²) < 4.78 is 6.85. The van der Waals surface area contributed by atoms with Crippen LogP contribution in [0.15, 0.2) is 72.8 Å². The van der Waals surface area contributed by atoms with Crippen molar-refractivity contribution in [3.05, 3.63) is 89.5 Å². The Labute approximate surface area is 208 Å². The van der Waals surface area contributed by atoms with Crippen molar-refractivity contribution in [1.82, 2.24) is 9.55 Å². The van der Waals surface area contributed by atoms with E-state index in [1.807, 2.05) is 60.0 Å². The zero-order valence-corrected chi connectivity index (χ0v) is 20.1. The predicted molar refractivity (Wildman–Crippen MR) is 137 cm³/mol. The first-order valence-electron chi connectivity index (χ1n) is 11.9. The van der Waals surface area contributed by atoms with Crippen LogP contribution in [0.2, 0.25) is 0 Å². The van der Waals surface area contributed by atoms with Gasteiger partial charge in [-0.3, -0.25) is 19.1 Å². The lowest BCUT2D eigenvalue weighted by atomic mass is 10.1. The first kappa shape index (κ1) is 23.3. The molecule has 5 rings (SSSR count). The van der Waals surface area contributed by atoms with Crippen LogP contribution < -0.4 is 10.2 Å². The molecule has 0 radical (unpaired) electrons. The van der Waals surface area contributed by atoms with Gasteiger partial charge in [-0.25, -0.2) is 9.78 Å². The minimum atomic E-state index is -0.712. The number of benzene rings is 3. The lowest BCUT2D eigenvalue weighted by molar-refractivity contribution is -0.124. The molecule has 182 valence electrons. The highest BCUT2D eigenvalue weighted by molar-refractivity contribution is 6.05. The van der Waals surface area contributed by atoms with Gasteiger partial charge in [0.2, 0.25) is 11.9 Å². The summed E-state index contributed by atoms with van der Waals surface area (Å²) in [5, 5.41) is 2.84. The van der Waals surface area contributed by atoms with Gasteiger partial charge in [0.05, 0.1) is 36.2 Å². The minimum Gasteiger partial charge on any atom is -0.462 e. The molecule has 1 atom stereocenters. The van der Waals surface area contributed by atoms with Crippen LogP contribution in [0.1, 0.15) is 40.9 Å². The van der Waals surface area contributed by atoms with Crippen molar-refractivity contribution in [3.8, 4) is 0 Å². The molecule has 0 spiro atoms. The number of anilines is 2. The predicted octanol–water partition coefficient (Wildman–Crippen LogP) is 4.64. The fraction of sp³-hybridized carbons (Fsp3) is 0.214. The molecule has 0 bridgehead atoms. The third kappa shape index (κ3) is 4.45. The van der Waals surface area contributed by atoms with Crippen LogP contribution in [0.4, 0.5) is 11.6 Å². The Balaban J connectivity index is 1.39. The zero-order chi connectivity index (χ0) is 25.2. The number of rotatable bonds is 7. The van der Waals surface area contributed by atoms with Crippen LogP contribution in [0, 0.1) is 6.92 Å². The van der Waals surface area contributed by atoms with E-state index in [4.69, 9.17) is 9.72 Å². The summed E-state index contributed by atoms with van der Waals surface area (Å²) in [6, 6.07) is 21.4. The lowest BCUT2D eigenvalue weighted by Gasteiger charge is -2.16. The average Bonchev–Trinajstić information content (AvgIpc) is 3.35. The van der Waals surface area contributed by atoms with Crippen LogP contribution in [-0.2, 0) is 20.9 Å². The van der Waals surface area contributed by atoms with Crippen LogP contribution in [0.25, 0.3) is 11.0 Å². The highest BCUT2D eigenvalue weighted by Gasteiger charge is 2.40. The molecule has 36 heavy (non-hydrogen) atoms. The summed E-state index contributed by atoms with van der Waals surface area (Å²) in [4.78, 5) is 44.8. The number of fused-ring (bicyclic) bond motifs is 3. The van der Waals surface area contributed by atoms with E-state index in [1.165, 1.54) is 0 Å². The van der Waals surface area contributed by atoms with Gasteiger partial charge in [-0.15, -0.1) is 0 Å². The van der Waals surface area contributed by atoms with E-state index in [1.54, 1.807) is 36.1 Å². The minimum absolute atomic E-state index is 0.0455. The number of imidazole rings is 1. The summed E-state index contributed by atoms with van der Waals surface area (Å²) in [5.41, 5.74) is 4.62. The summed E-state index contributed by atoms with van der Waals surface area (Å²) in [6.45, 7) is 4.42. The molecule has 0 saturated carbocycles. The van der Waals surface area contributed by atoms with E-state index in [9.17, 15) is 14.4 Å². The van der Waals surface area contributed by atoms with E-state index in [0.717, 1.165) is 22.2 Å². The van der Waals surface area contributed by atoms with E-state index >= 15 is 0 Å². The molecule has 1 aliphatic heterocycles. The molecule has 0 saturated heterocycles. The van der Waals surface area contributed by atoms with Gasteiger partial charge in [-0.05, 0) is 55.8 Å². The second kappa shape index (κ2) is 9.65. The molecule has 4 aromatic rings. The molecule has 8 nitrogen and oxygen atoms in total. The summed E-state index contributed by atoms with van der Waals surface area (Å²) in [6.07, 6.45) is -0.0455. The topological polar surface area (TPSA) is 93.5 Å². The third-order valence-electron chi connectivity index (χ3n) is 6.16. The maximum atomic E-state index is 13.6. The standard InChI is InChI=1S/C28H26N4O4/c1-3-36-27(35)20-11-13-21(14-12-20)29-25(33)16-24-26(34)31(17-19-8-6-7-18(2)15-19)28-30-22-9-4-5-10-23(22)32(24)28/h4-15,24H,3,16-17H2,1-2H3,(H,29,33). The van der Waals surface area contributed by atoms with E-state index in [-0.39, 0.29) is 18.2 Å². The number of ether oxygens (including phenoxy) is 1. The Morgan fingerprint density at radius 2 is 1.81 bits per heavy atom. The number of carbonyl (C=O) groups excluding carboxylic acids is 3. The number of carbonyl (C=O) groups is 3. The molecule has 0 aliphatic carbocycles. The molecule has 2 amide bonds. The van der Waals surface area contributed by atoms with E-state index in [2.05, 4.69) is 5.32 Å². The van der Waals surface area contributed by atoms with Crippen LogP contribution in [0.5, 0.6) is 0 Å². The summed E-state index contributed by atoms with van der Waals surface area (Å²) >= 11 is 0. The Bertz CT molecular complexity index is 1460. The Kier molecular flexibility index (Phi) is 6.25. The van der Waals surface area contributed by atoms with Gasteiger partial charge in [0.25, 0.3) is 5.91 Å². The van der Waals surface area contributed by atoms with E-state index < -0.39 is 12.0 Å². The fourth-order valence-corrected chi connectivity index (χ4v) is 4.53. The number of nitrogens with one attached hydrogen (secondary N) is 1. The molecule has 1 unspecified atom stereocenters. The number of aryl methyl sites for hydroxylation is 1. The largest absolute Gasteiger partial charge is 0.462 e. The Morgan fingerprint density at radius 3 is 2.56 bits per heavy atom. The molecule has 2 heterocycles. The third-order valence-corrected chi connectivity index (χ3v) is 6.16. The van der Waals surface area contributed by atoms with Gasteiger partial charge in [0.1, 0.15) is 6.04 Å². The van der Waals surface area contributed by atoms with Gasteiger partial charge >= 0.3 is 5.97 Å². The molecule has 1 N–H and O–H groups in total. The van der Waals surface area contributed by atoms with Gasteiger partial charge in [-0.2, -0.15) is 0 Å². The quantitative estimate of drug-likeness (QED) is 0.388. The maximum absolute atomic E-state index is 13.6. The summed E-state index contributed by atoms with van der Waals surface area (Å²) in [5.74, 6) is -0.351. The van der Waals surface area contributed by atoms with Crippen molar-refractivity contribution >= 4 is 40.5 Å². The molecule has 8 heteroatoms. The monoisotopic (exact) mass is 482 g/mol. The second-order valence-corrected chi connectivity index (χ2v) is 8.75. The highest BCUT2D eigenvalue weighted by atomic mass is 16.5. The Morgan fingerprint density at radius 1 is 1.03 bits per heavy atom. The zero-order valence-electron chi connectivity index (χ0n) is 20.1.